The van der Waals surface area contributed by atoms with Crippen molar-refractivity contribution in [2.24, 2.45) is 5.92 Å². The van der Waals surface area contributed by atoms with Crippen molar-refractivity contribution >= 4 is 5.97 Å². The molecule has 1 fully saturated rings. The van der Waals surface area contributed by atoms with E-state index in [0.717, 1.165) is 44.5 Å². The van der Waals surface area contributed by atoms with E-state index in [0.29, 0.717) is 12.6 Å². The van der Waals surface area contributed by atoms with Gasteiger partial charge in [0, 0.05) is 31.4 Å². The second kappa shape index (κ2) is 7.28. The number of aromatic amines is 1. The number of imidazole rings is 1. The second-order valence-electron chi connectivity index (χ2n) is 5.05. The van der Waals surface area contributed by atoms with Crippen molar-refractivity contribution in [3.63, 3.8) is 0 Å². The number of ether oxygens (including phenoxy) is 1. The first-order valence-electron chi connectivity index (χ1n) is 7.18. The van der Waals surface area contributed by atoms with Crippen LogP contribution in [0.5, 0.6) is 0 Å². The first kappa shape index (κ1) is 14.1. The molecule has 2 rings (SSSR count). The molecular formula is C14H23N3O2. The van der Waals surface area contributed by atoms with Gasteiger partial charge in [0.25, 0.3) is 0 Å². The van der Waals surface area contributed by atoms with Crippen molar-refractivity contribution in [2.45, 2.75) is 45.1 Å². The molecule has 0 radical (unpaired) electrons. The summed E-state index contributed by atoms with van der Waals surface area (Å²) in [6.07, 6.45) is 8.62. The summed E-state index contributed by atoms with van der Waals surface area (Å²) in [4.78, 5) is 19.0. The molecule has 2 atom stereocenters. The van der Waals surface area contributed by atoms with Crippen LogP contribution in [0.25, 0.3) is 0 Å². The first-order chi connectivity index (χ1) is 9.29. The highest BCUT2D eigenvalue weighted by Crippen LogP contribution is 2.25. The molecule has 2 N–H and O–H groups in total. The van der Waals surface area contributed by atoms with Gasteiger partial charge in [-0.3, -0.25) is 4.79 Å². The molecule has 19 heavy (non-hydrogen) atoms. The molecule has 5 nitrogen and oxygen atoms in total. The van der Waals surface area contributed by atoms with E-state index in [1.165, 1.54) is 0 Å². The van der Waals surface area contributed by atoms with Gasteiger partial charge in [-0.25, -0.2) is 4.98 Å². The third-order valence-electron chi connectivity index (χ3n) is 3.64. The lowest BCUT2D eigenvalue weighted by Crippen LogP contribution is -2.38. The Bertz CT molecular complexity index is 378. The minimum Gasteiger partial charge on any atom is -0.466 e. The maximum Gasteiger partial charge on any atom is 0.308 e. The molecule has 1 aliphatic carbocycles. The molecule has 0 aromatic carbocycles. The fourth-order valence-electron chi connectivity index (χ4n) is 2.68. The molecule has 1 saturated carbocycles. The van der Waals surface area contributed by atoms with Crippen molar-refractivity contribution < 1.29 is 9.53 Å². The van der Waals surface area contributed by atoms with Crippen LogP contribution in [0.4, 0.5) is 0 Å². The molecule has 1 aliphatic rings. The summed E-state index contributed by atoms with van der Waals surface area (Å²) in [5.41, 5.74) is 0. The standard InChI is InChI=1S/C14H23N3O2/c1-2-19-14(18)11-4-3-5-12(10-11)15-7-6-13-16-8-9-17-13/h8-9,11-12,15H,2-7,10H2,1H3,(H,16,17). The second-order valence-corrected chi connectivity index (χ2v) is 5.05. The van der Waals surface area contributed by atoms with Crippen molar-refractivity contribution in [3.8, 4) is 0 Å². The topological polar surface area (TPSA) is 67.0 Å². The molecule has 106 valence electrons. The molecule has 1 aromatic rings. The monoisotopic (exact) mass is 265 g/mol. The maximum atomic E-state index is 11.7. The number of hydrogen-bond donors (Lipinski definition) is 2. The third kappa shape index (κ3) is 4.35. The quantitative estimate of drug-likeness (QED) is 0.768. The molecule has 0 spiro atoms. The van der Waals surface area contributed by atoms with Gasteiger partial charge in [0.15, 0.2) is 0 Å². The Labute approximate surface area is 114 Å². The molecule has 0 aliphatic heterocycles. The van der Waals surface area contributed by atoms with Crippen LogP contribution in [-0.2, 0) is 16.0 Å². The smallest absolute Gasteiger partial charge is 0.308 e. The van der Waals surface area contributed by atoms with Crippen LogP contribution < -0.4 is 5.32 Å². The number of H-pyrrole nitrogens is 1. The maximum absolute atomic E-state index is 11.7. The SMILES string of the molecule is CCOC(=O)C1CCCC(NCCc2ncc[nH]2)C1. The van der Waals surface area contributed by atoms with Crippen LogP contribution in [0.2, 0.25) is 0 Å². The highest BCUT2D eigenvalue weighted by atomic mass is 16.5. The Balaban J connectivity index is 1.70. The van der Waals surface area contributed by atoms with Crippen molar-refractivity contribution in [1.82, 2.24) is 15.3 Å². The predicted octanol–water partition coefficient (Wildman–Crippen LogP) is 1.66. The summed E-state index contributed by atoms with van der Waals surface area (Å²) in [6, 6.07) is 0.429. The van der Waals surface area contributed by atoms with Gasteiger partial charge in [-0.1, -0.05) is 6.42 Å². The van der Waals surface area contributed by atoms with E-state index in [4.69, 9.17) is 4.74 Å². The summed E-state index contributed by atoms with van der Waals surface area (Å²) < 4.78 is 5.11. The number of esters is 1. The van der Waals surface area contributed by atoms with Crippen LogP contribution in [0.15, 0.2) is 12.4 Å². The normalized spacial score (nSPS) is 23.2. The average Bonchev–Trinajstić information content (AvgIpc) is 2.93. The van der Waals surface area contributed by atoms with E-state index >= 15 is 0 Å². The zero-order valence-electron chi connectivity index (χ0n) is 11.5. The Morgan fingerprint density at radius 2 is 2.47 bits per heavy atom. The Kier molecular flexibility index (Phi) is 5.39. The van der Waals surface area contributed by atoms with E-state index in [1.54, 1.807) is 6.20 Å². The number of nitrogens with one attached hydrogen (secondary N) is 2. The lowest BCUT2D eigenvalue weighted by molar-refractivity contribution is -0.149. The lowest BCUT2D eigenvalue weighted by atomic mass is 9.85. The fourth-order valence-corrected chi connectivity index (χ4v) is 2.68. The largest absolute Gasteiger partial charge is 0.466 e. The van der Waals surface area contributed by atoms with E-state index in [1.807, 2.05) is 13.1 Å². The van der Waals surface area contributed by atoms with Crippen molar-refractivity contribution in [2.75, 3.05) is 13.2 Å². The third-order valence-corrected chi connectivity index (χ3v) is 3.64. The van der Waals surface area contributed by atoms with Gasteiger partial charge in [-0.2, -0.15) is 0 Å². The summed E-state index contributed by atoms with van der Waals surface area (Å²) >= 11 is 0. The molecule has 0 bridgehead atoms. The van der Waals surface area contributed by atoms with Crippen LogP contribution >= 0.6 is 0 Å². The van der Waals surface area contributed by atoms with Gasteiger partial charge in [0.1, 0.15) is 5.82 Å². The molecular weight excluding hydrogens is 242 g/mol. The zero-order valence-corrected chi connectivity index (χ0v) is 11.5. The van der Waals surface area contributed by atoms with Gasteiger partial charge in [-0.05, 0) is 26.2 Å². The molecule has 0 amide bonds. The Morgan fingerprint density at radius 1 is 1.58 bits per heavy atom. The van der Waals surface area contributed by atoms with Crippen LogP contribution in [0.1, 0.15) is 38.4 Å². The van der Waals surface area contributed by atoms with Crippen molar-refractivity contribution in [1.29, 1.82) is 0 Å². The van der Waals surface area contributed by atoms with Crippen LogP contribution in [0.3, 0.4) is 0 Å². The summed E-state index contributed by atoms with van der Waals surface area (Å²) in [7, 11) is 0. The highest BCUT2D eigenvalue weighted by molar-refractivity contribution is 5.72. The lowest BCUT2D eigenvalue weighted by Gasteiger charge is -2.28. The minimum atomic E-state index is -0.0277. The van der Waals surface area contributed by atoms with Gasteiger partial charge < -0.3 is 15.0 Å². The number of rotatable bonds is 6. The fraction of sp³-hybridized carbons (Fsp3) is 0.714. The Morgan fingerprint density at radius 3 is 3.21 bits per heavy atom. The number of aromatic nitrogens is 2. The zero-order chi connectivity index (χ0) is 13.5. The minimum absolute atomic E-state index is 0.0277. The Hall–Kier alpha value is -1.36. The average molecular weight is 265 g/mol. The van der Waals surface area contributed by atoms with Gasteiger partial charge in [0.05, 0.1) is 12.5 Å². The van der Waals surface area contributed by atoms with E-state index < -0.39 is 0 Å². The highest BCUT2D eigenvalue weighted by Gasteiger charge is 2.27. The summed E-state index contributed by atoms with van der Waals surface area (Å²) in [5.74, 6) is 1.06. The molecule has 1 heterocycles. The van der Waals surface area contributed by atoms with Gasteiger partial charge >= 0.3 is 5.97 Å². The number of carbonyl (C=O) groups is 1. The van der Waals surface area contributed by atoms with Gasteiger partial charge in [-0.15, -0.1) is 0 Å². The first-order valence-corrected chi connectivity index (χ1v) is 7.18. The van der Waals surface area contributed by atoms with E-state index in [-0.39, 0.29) is 11.9 Å². The van der Waals surface area contributed by atoms with Crippen LogP contribution in [-0.4, -0.2) is 35.1 Å². The summed E-state index contributed by atoms with van der Waals surface area (Å²) in [6.45, 7) is 3.24. The molecule has 5 heteroatoms. The number of hydrogen-bond acceptors (Lipinski definition) is 4. The molecule has 2 unspecified atom stereocenters. The van der Waals surface area contributed by atoms with Crippen LogP contribution in [0, 0.1) is 5.92 Å². The number of carbonyl (C=O) groups excluding carboxylic acids is 1. The van der Waals surface area contributed by atoms with Gasteiger partial charge in [0.2, 0.25) is 0 Å². The van der Waals surface area contributed by atoms with E-state index in [9.17, 15) is 4.79 Å². The summed E-state index contributed by atoms with van der Waals surface area (Å²) in [5, 5.41) is 3.52. The molecule has 0 saturated heterocycles. The predicted molar refractivity (Wildman–Crippen MR) is 72.7 cm³/mol. The van der Waals surface area contributed by atoms with E-state index in [2.05, 4.69) is 15.3 Å². The molecule has 1 aromatic heterocycles. The number of nitrogens with zero attached hydrogens (tertiary/aromatic N) is 1. The van der Waals surface area contributed by atoms with Crippen molar-refractivity contribution in [3.05, 3.63) is 18.2 Å².